The number of carbonyl (C=O) groups excluding carboxylic acids is 1. The van der Waals surface area contributed by atoms with Crippen LogP contribution in [0.4, 0.5) is 11.4 Å². The van der Waals surface area contributed by atoms with E-state index in [2.05, 4.69) is 16.4 Å². The molecule has 0 saturated carbocycles. The summed E-state index contributed by atoms with van der Waals surface area (Å²) in [6.45, 7) is 2.69. The van der Waals surface area contributed by atoms with Crippen LogP contribution in [0, 0.1) is 10.1 Å². The molecule has 3 aromatic carbocycles. The molecule has 8 nitrogen and oxygen atoms in total. The fourth-order valence-electron chi connectivity index (χ4n) is 4.66. The van der Waals surface area contributed by atoms with Crippen LogP contribution in [0.3, 0.4) is 0 Å². The number of anilines is 1. The maximum absolute atomic E-state index is 13.5. The van der Waals surface area contributed by atoms with Gasteiger partial charge in [-0.3, -0.25) is 14.9 Å². The predicted octanol–water partition coefficient (Wildman–Crippen LogP) is 4.47. The third-order valence-electron chi connectivity index (χ3n) is 6.45. The lowest BCUT2D eigenvalue weighted by atomic mass is 9.91. The lowest BCUT2D eigenvalue weighted by molar-refractivity contribution is -0.384. The van der Waals surface area contributed by atoms with Gasteiger partial charge >= 0.3 is 0 Å². The summed E-state index contributed by atoms with van der Waals surface area (Å²) in [5.41, 5.74) is 4.06. The molecule has 1 aliphatic rings. The van der Waals surface area contributed by atoms with Gasteiger partial charge < -0.3 is 19.9 Å². The summed E-state index contributed by atoms with van der Waals surface area (Å²) >= 11 is 0. The molecule has 8 heteroatoms. The second kappa shape index (κ2) is 9.99. The maximum atomic E-state index is 13.5. The number of nitrogens with zero attached hydrogens (tertiary/aromatic N) is 2. The van der Waals surface area contributed by atoms with Crippen LogP contribution in [-0.4, -0.2) is 48.7 Å². The molecule has 2 heterocycles. The van der Waals surface area contributed by atoms with Crippen molar-refractivity contribution in [2.24, 2.45) is 0 Å². The van der Waals surface area contributed by atoms with Gasteiger partial charge in [0, 0.05) is 54.8 Å². The van der Waals surface area contributed by atoms with Gasteiger partial charge in [-0.2, -0.15) is 0 Å². The number of amides is 1. The minimum atomic E-state index is -0.474. The van der Waals surface area contributed by atoms with Crippen LogP contribution in [-0.2, 0) is 4.74 Å². The SMILES string of the molecule is O=C(NCC(c1ccccc1)c1c[nH]c2ccccc12)c1cc([N+](=O)[O-])ccc1N1CCOCC1. The van der Waals surface area contributed by atoms with E-state index >= 15 is 0 Å². The van der Waals surface area contributed by atoms with Crippen molar-refractivity contribution < 1.29 is 14.5 Å². The first-order valence-corrected chi connectivity index (χ1v) is 11.6. The summed E-state index contributed by atoms with van der Waals surface area (Å²) in [6, 6.07) is 22.6. The number of rotatable bonds is 7. The summed E-state index contributed by atoms with van der Waals surface area (Å²) in [7, 11) is 0. The molecular formula is C27H26N4O4. The first-order valence-electron chi connectivity index (χ1n) is 11.6. The van der Waals surface area contributed by atoms with E-state index in [-0.39, 0.29) is 17.5 Å². The number of non-ortho nitro benzene ring substituents is 1. The van der Waals surface area contributed by atoms with Crippen LogP contribution in [0.2, 0.25) is 0 Å². The molecule has 0 bridgehead atoms. The summed E-state index contributed by atoms with van der Waals surface area (Å²) in [6.07, 6.45) is 1.99. The fourth-order valence-corrected chi connectivity index (χ4v) is 4.66. The average molecular weight is 471 g/mol. The minimum Gasteiger partial charge on any atom is -0.378 e. The van der Waals surface area contributed by atoms with Gasteiger partial charge in [0.1, 0.15) is 0 Å². The molecule has 0 radical (unpaired) electrons. The van der Waals surface area contributed by atoms with E-state index in [1.807, 2.05) is 59.6 Å². The number of carbonyl (C=O) groups is 1. The number of hydrogen-bond acceptors (Lipinski definition) is 5. The highest BCUT2D eigenvalue weighted by molar-refractivity contribution is 6.00. The Bertz CT molecular complexity index is 1350. The van der Waals surface area contributed by atoms with Gasteiger partial charge in [-0.15, -0.1) is 0 Å². The number of benzene rings is 3. The van der Waals surface area contributed by atoms with Crippen LogP contribution in [0.25, 0.3) is 10.9 Å². The molecule has 1 unspecified atom stereocenters. The molecule has 178 valence electrons. The Morgan fingerprint density at radius 2 is 1.80 bits per heavy atom. The summed E-state index contributed by atoms with van der Waals surface area (Å²) < 4.78 is 5.43. The van der Waals surface area contributed by atoms with Crippen molar-refractivity contribution in [3.63, 3.8) is 0 Å². The Labute approximate surface area is 202 Å². The van der Waals surface area contributed by atoms with Crippen molar-refractivity contribution in [2.45, 2.75) is 5.92 Å². The zero-order valence-corrected chi connectivity index (χ0v) is 19.1. The third-order valence-corrected chi connectivity index (χ3v) is 6.45. The van der Waals surface area contributed by atoms with Crippen LogP contribution in [0.1, 0.15) is 27.4 Å². The van der Waals surface area contributed by atoms with Crippen molar-refractivity contribution in [3.8, 4) is 0 Å². The van der Waals surface area contributed by atoms with Crippen LogP contribution in [0.5, 0.6) is 0 Å². The number of nitrogens with one attached hydrogen (secondary N) is 2. The summed E-state index contributed by atoms with van der Waals surface area (Å²) in [5.74, 6) is -0.433. The van der Waals surface area contributed by atoms with Crippen molar-refractivity contribution >= 4 is 28.2 Å². The van der Waals surface area contributed by atoms with E-state index in [1.165, 1.54) is 12.1 Å². The van der Waals surface area contributed by atoms with Gasteiger partial charge in [-0.05, 0) is 23.3 Å². The number of para-hydroxylation sites is 1. The monoisotopic (exact) mass is 470 g/mol. The van der Waals surface area contributed by atoms with E-state index < -0.39 is 4.92 Å². The topological polar surface area (TPSA) is 100 Å². The van der Waals surface area contributed by atoms with Gasteiger partial charge in [-0.25, -0.2) is 0 Å². The zero-order valence-electron chi connectivity index (χ0n) is 19.1. The van der Waals surface area contributed by atoms with E-state index in [9.17, 15) is 14.9 Å². The molecule has 1 aromatic heterocycles. The summed E-state index contributed by atoms with van der Waals surface area (Å²) in [4.78, 5) is 29.8. The van der Waals surface area contributed by atoms with Crippen molar-refractivity contribution in [2.75, 3.05) is 37.7 Å². The molecule has 2 N–H and O–H groups in total. The number of aromatic nitrogens is 1. The quantitative estimate of drug-likeness (QED) is 0.307. The van der Waals surface area contributed by atoms with Gasteiger partial charge in [0.05, 0.1) is 29.4 Å². The van der Waals surface area contributed by atoms with Crippen LogP contribution < -0.4 is 10.2 Å². The lowest BCUT2D eigenvalue weighted by Crippen LogP contribution is -2.38. The molecule has 5 rings (SSSR count). The van der Waals surface area contributed by atoms with Crippen LogP contribution in [0.15, 0.2) is 79.0 Å². The molecule has 35 heavy (non-hydrogen) atoms. The molecule has 1 saturated heterocycles. The second-order valence-corrected chi connectivity index (χ2v) is 8.52. The molecular weight excluding hydrogens is 444 g/mol. The van der Waals surface area contributed by atoms with E-state index in [4.69, 9.17) is 4.74 Å². The number of nitro benzene ring substituents is 1. The largest absolute Gasteiger partial charge is 0.378 e. The highest BCUT2D eigenvalue weighted by Crippen LogP contribution is 2.31. The number of H-pyrrole nitrogens is 1. The number of nitro groups is 1. The van der Waals surface area contributed by atoms with Crippen molar-refractivity contribution in [1.29, 1.82) is 0 Å². The average Bonchev–Trinajstić information content (AvgIpc) is 3.33. The van der Waals surface area contributed by atoms with Crippen LogP contribution >= 0.6 is 0 Å². The number of aromatic amines is 1. The Kier molecular flexibility index (Phi) is 6.45. The predicted molar refractivity (Wildman–Crippen MR) is 135 cm³/mol. The Morgan fingerprint density at radius 3 is 2.57 bits per heavy atom. The van der Waals surface area contributed by atoms with Gasteiger partial charge in [0.2, 0.25) is 0 Å². The number of fused-ring (bicyclic) bond motifs is 1. The molecule has 0 spiro atoms. The molecule has 1 aliphatic heterocycles. The number of hydrogen-bond donors (Lipinski definition) is 2. The molecule has 1 fully saturated rings. The highest BCUT2D eigenvalue weighted by Gasteiger charge is 2.24. The Balaban J connectivity index is 1.46. The van der Waals surface area contributed by atoms with Crippen molar-refractivity contribution in [1.82, 2.24) is 10.3 Å². The normalized spacial score (nSPS) is 14.6. The van der Waals surface area contributed by atoms with Gasteiger partial charge in [-0.1, -0.05) is 48.5 Å². The second-order valence-electron chi connectivity index (χ2n) is 8.52. The zero-order chi connectivity index (χ0) is 24.2. The standard InChI is InChI=1S/C27H26N4O4/c32-27(22-16-20(31(33)34)10-11-26(22)30-12-14-35-15-13-30)29-17-23(19-6-2-1-3-7-19)24-18-28-25-9-5-4-8-21(24)25/h1-11,16,18,23,28H,12-15,17H2,(H,29,32). The lowest BCUT2D eigenvalue weighted by Gasteiger charge is -2.30. The van der Waals surface area contributed by atoms with Gasteiger partial charge in [0.15, 0.2) is 0 Å². The fraction of sp³-hybridized carbons (Fsp3) is 0.222. The van der Waals surface area contributed by atoms with Crippen molar-refractivity contribution in [3.05, 3.63) is 106 Å². The molecule has 1 atom stereocenters. The third kappa shape index (κ3) is 4.74. The Morgan fingerprint density at radius 1 is 1.06 bits per heavy atom. The maximum Gasteiger partial charge on any atom is 0.270 e. The van der Waals surface area contributed by atoms with E-state index in [1.54, 1.807) is 6.07 Å². The number of morpholine rings is 1. The smallest absolute Gasteiger partial charge is 0.270 e. The molecule has 1 amide bonds. The minimum absolute atomic E-state index is 0.0955. The van der Waals surface area contributed by atoms with Gasteiger partial charge in [0.25, 0.3) is 11.6 Å². The van der Waals surface area contributed by atoms with E-state index in [0.717, 1.165) is 22.0 Å². The summed E-state index contributed by atoms with van der Waals surface area (Å²) in [5, 5.41) is 15.6. The first kappa shape index (κ1) is 22.6. The van der Waals surface area contributed by atoms with E-state index in [0.29, 0.717) is 44.1 Å². The number of ether oxygens (including phenoxy) is 1. The first-order chi connectivity index (χ1) is 17.1. The molecule has 0 aliphatic carbocycles. The highest BCUT2D eigenvalue weighted by atomic mass is 16.6. The molecule has 4 aromatic rings. The Hall–Kier alpha value is -4.17.